The quantitative estimate of drug-likeness (QED) is 0.582. The molecule has 0 aliphatic rings. The van der Waals surface area contributed by atoms with Gasteiger partial charge in [0, 0.05) is 13.6 Å². The van der Waals surface area contributed by atoms with E-state index in [1.54, 1.807) is 7.05 Å². The Morgan fingerprint density at radius 2 is 2.40 bits per heavy atom. The molecular formula is C10H9ClN2O2. The zero-order valence-electron chi connectivity index (χ0n) is 8.11. The first kappa shape index (κ1) is 9.98. The van der Waals surface area contributed by atoms with Crippen molar-refractivity contribution >= 4 is 28.1 Å². The molecular weight excluding hydrogens is 216 g/mol. The fraction of sp³-hybridized carbons (Fsp3) is 0.200. The highest BCUT2D eigenvalue weighted by Crippen LogP contribution is 2.15. The van der Waals surface area contributed by atoms with E-state index in [1.165, 1.54) is 11.3 Å². The molecule has 4 nitrogen and oxygen atoms in total. The number of hydrogen-bond donors (Lipinski definition) is 0. The first-order valence-corrected chi connectivity index (χ1v) is 4.77. The molecule has 0 aliphatic heterocycles. The SMILES string of the molecule is CN(Cc1ccc2ncoc2c1)C(=O)Cl. The van der Waals surface area contributed by atoms with Crippen LogP contribution in [0.2, 0.25) is 0 Å². The van der Waals surface area contributed by atoms with E-state index in [-0.39, 0.29) is 0 Å². The molecule has 0 spiro atoms. The molecule has 0 radical (unpaired) electrons. The van der Waals surface area contributed by atoms with Gasteiger partial charge in [-0.15, -0.1) is 0 Å². The third-order valence-corrected chi connectivity index (χ3v) is 2.40. The molecule has 1 heterocycles. The Morgan fingerprint density at radius 3 is 3.13 bits per heavy atom. The molecule has 0 fully saturated rings. The lowest BCUT2D eigenvalue weighted by molar-refractivity contribution is 0.230. The van der Waals surface area contributed by atoms with E-state index in [0.717, 1.165) is 11.1 Å². The Hall–Kier alpha value is -1.55. The number of benzene rings is 1. The van der Waals surface area contributed by atoms with Crippen molar-refractivity contribution in [3.63, 3.8) is 0 Å². The summed E-state index contributed by atoms with van der Waals surface area (Å²) in [5, 5.41) is -0.479. The van der Waals surface area contributed by atoms with Crippen LogP contribution in [-0.4, -0.2) is 22.3 Å². The lowest BCUT2D eigenvalue weighted by Crippen LogP contribution is -2.19. The standard InChI is InChI=1S/C10H9ClN2O2/c1-13(10(11)14)5-7-2-3-8-9(4-7)15-6-12-8/h2-4,6H,5H2,1H3. The van der Waals surface area contributed by atoms with Crippen molar-refractivity contribution in [3.8, 4) is 0 Å². The molecule has 1 amide bonds. The molecule has 78 valence electrons. The number of rotatable bonds is 2. The molecule has 0 aliphatic carbocycles. The number of oxazole rings is 1. The molecule has 1 aromatic carbocycles. The summed E-state index contributed by atoms with van der Waals surface area (Å²) in [6, 6.07) is 5.58. The van der Waals surface area contributed by atoms with Crippen LogP contribution in [0.5, 0.6) is 0 Å². The Balaban J connectivity index is 2.24. The van der Waals surface area contributed by atoms with Crippen molar-refractivity contribution in [2.24, 2.45) is 0 Å². The van der Waals surface area contributed by atoms with E-state index in [1.807, 2.05) is 18.2 Å². The van der Waals surface area contributed by atoms with Gasteiger partial charge >= 0.3 is 5.37 Å². The van der Waals surface area contributed by atoms with Crippen molar-refractivity contribution in [1.29, 1.82) is 0 Å². The molecule has 2 aromatic rings. The Labute approximate surface area is 91.4 Å². The maximum atomic E-state index is 10.8. The number of aromatic nitrogens is 1. The smallest absolute Gasteiger partial charge is 0.316 e. The highest BCUT2D eigenvalue weighted by atomic mass is 35.5. The summed E-state index contributed by atoms with van der Waals surface area (Å²) in [5.74, 6) is 0. The van der Waals surface area contributed by atoms with Gasteiger partial charge in [0.1, 0.15) is 5.52 Å². The third-order valence-electron chi connectivity index (χ3n) is 2.12. The van der Waals surface area contributed by atoms with Crippen molar-refractivity contribution < 1.29 is 9.21 Å². The van der Waals surface area contributed by atoms with Crippen LogP contribution in [0.3, 0.4) is 0 Å². The number of carbonyl (C=O) groups excluding carboxylic acids is 1. The van der Waals surface area contributed by atoms with Gasteiger partial charge in [0.05, 0.1) is 0 Å². The van der Waals surface area contributed by atoms with E-state index in [2.05, 4.69) is 4.98 Å². The summed E-state index contributed by atoms with van der Waals surface area (Å²) in [6.45, 7) is 0.457. The van der Waals surface area contributed by atoms with Gasteiger partial charge in [0.2, 0.25) is 0 Å². The predicted octanol–water partition coefficient (Wildman–Crippen LogP) is 2.62. The second-order valence-corrected chi connectivity index (χ2v) is 3.59. The molecule has 0 atom stereocenters. The van der Waals surface area contributed by atoms with Crippen LogP contribution in [0.4, 0.5) is 4.79 Å². The normalized spacial score (nSPS) is 10.5. The minimum absolute atomic E-state index is 0.457. The fourth-order valence-electron chi connectivity index (χ4n) is 1.33. The van der Waals surface area contributed by atoms with Gasteiger partial charge in [-0.05, 0) is 29.3 Å². The predicted molar refractivity (Wildman–Crippen MR) is 56.7 cm³/mol. The van der Waals surface area contributed by atoms with Crippen molar-refractivity contribution in [2.45, 2.75) is 6.54 Å². The summed E-state index contributed by atoms with van der Waals surface area (Å²) in [5.41, 5.74) is 2.47. The van der Waals surface area contributed by atoms with E-state index < -0.39 is 5.37 Å². The molecule has 0 saturated carbocycles. The zero-order chi connectivity index (χ0) is 10.8. The van der Waals surface area contributed by atoms with Crippen LogP contribution in [-0.2, 0) is 6.54 Å². The molecule has 15 heavy (non-hydrogen) atoms. The van der Waals surface area contributed by atoms with E-state index >= 15 is 0 Å². The van der Waals surface area contributed by atoms with Crippen LogP contribution < -0.4 is 0 Å². The highest BCUT2D eigenvalue weighted by molar-refractivity contribution is 6.62. The minimum Gasteiger partial charge on any atom is -0.443 e. The minimum atomic E-state index is -0.479. The van der Waals surface area contributed by atoms with Crippen molar-refractivity contribution in [2.75, 3.05) is 7.05 Å². The Morgan fingerprint density at radius 1 is 1.60 bits per heavy atom. The van der Waals surface area contributed by atoms with Crippen LogP contribution in [0.1, 0.15) is 5.56 Å². The summed E-state index contributed by atoms with van der Waals surface area (Å²) in [4.78, 5) is 16.2. The Bertz CT molecular complexity index is 495. The van der Waals surface area contributed by atoms with Gasteiger partial charge in [-0.2, -0.15) is 0 Å². The molecule has 0 saturated heterocycles. The van der Waals surface area contributed by atoms with Crippen molar-refractivity contribution in [1.82, 2.24) is 9.88 Å². The summed E-state index contributed by atoms with van der Waals surface area (Å²) >= 11 is 5.33. The monoisotopic (exact) mass is 224 g/mol. The first-order valence-electron chi connectivity index (χ1n) is 4.39. The lowest BCUT2D eigenvalue weighted by atomic mass is 10.2. The molecule has 5 heteroatoms. The molecule has 2 rings (SSSR count). The zero-order valence-corrected chi connectivity index (χ0v) is 8.86. The average molecular weight is 225 g/mol. The summed E-state index contributed by atoms with van der Waals surface area (Å²) in [6.07, 6.45) is 1.39. The summed E-state index contributed by atoms with van der Waals surface area (Å²) in [7, 11) is 1.64. The van der Waals surface area contributed by atoms with Gasteiger partial charge in [-0.25, -0.2) is 4.98 Å². The van der Waals surface area contributed by atoms with Crippen LogP contribution in [0, 0.1) is 0 Å². The van der Waals surface area contributed by atoms with Gasteiger partial charge < -0.3 is 9.32 Å². The second kappa shape index (κ2) is 3.90. The largest absolute Gasteiger partial charge is 0.443 e. The van der Waals surface area contributed by atoms with Gasteiger partial charge in [-0.3, -0.25) is 4.79 Å². The topological polar surface area (TPSA) is 46.3 Å². The number of carbonyl (C=O) groups is 1. The van der Waals surface area contributed by atoms with Gasteiger partial charge in [0.25, 0.3) is 0 Å². The maximum Gasteiger partial charge on any atom is 0.316 e. The van der Waals surface area contributed by atoms with Crippen molar-refractivity contribution in [3.05, 3.63) is 30.2 Å². The van der Waals surface area contributed by atoms with Gasteiger partial charge in [0.15, 0.2) is 12.0 Å². The number of nitrogens with zero attached hydrogens (tertiary/aromatic N) is 2. The number of amides is 1. The van der Waals surface area contributed by atoms with Crippen LogP contribution in [0.15, 0.2) is 29.0 Å². The Kier molecular flexibility index (Phi) is 2.60. The third kappa shape index (κ3) is 2.10. The summed E-state index contributed by atoms with van der Waals surface area (Å²) < 4.78 is 5.15. The van der Waals surface area contributed by atoms with Gasteiger partial charge in [-0.1, -0.05) is 6.07 Å². The number of fused-ring (bicyclic) bond motifs is 1. The molecule has 1 aromatic heterocycles. The first-order chi connectivity index (χ1) is 7.16. The number of halogens is 1. The van der Waals surface area contributed by atoms with E-state index in [0.29, 0.717) is 12.1 Å². The lowest BCUT2D eigenvalue weighted by Gasteiger charge is -2.12. The van der Waals surface area contributed by atoms with Crippen LogP contribution >= 0.6 is 11.6 Å². The van der Waals surface area contributed by atoms with E-state index in [4.69, 9.17) is 16.0 Å². The molecule has 0 N–H and O–H groups in total. The van der Waals surface area contributed by atoms with E-state index in [9.17, 15) is 4.79 Å². The average Bonchev–Trinajstić information content (AvgIpc) is 2.64. The molecule has 0 bridgehead atoms. The maximum absolute atomic E-state index is 10.8. The fourth-order valence-corrected chi connectivity index (χ4v) is 1.39. The number of hydrogen-bond acceptors (Lipinski definition) is 3. The highest BCUT2D eigenvalue weighted by Gasteiger charge is 2.06. The second-order valence-electron chi connectivity index (χ2n) is 3.26. The molecule has 0 unspecified atom stereocenters. The van der Waals surface area contributed by atoms with Crippen LogP contribution in [0.25, 0.3) is 11.1 Å².